The first-order valence-corrected chi connectivity index (χ1v) is 11.5. The Balaban J connectivity index is 1.93. The van der Waals surface area contributed by atoms with Crippen LogP contribution in [-0.4, -0.2) is 4.98 Å². The lowest BCUT2D eigenvalue weighted by Crippen LogP contribution is -2.02. The van der Waals surface area contributed by atoms with Crippen LogP contribution in [0.3, 0.4) is 0 Å². The first-order valence-electron chi connectivity index (χ1n) is 9.39. The molecule has 0 unspecified atom stereocenters. The van der Waals surface area contributed by atoms with Crippen LogP contribution in [0.2, 0.25) is 10.0 Å². The van der Waals surface area contributed by atoms with E-state index in [1.54, 1.807) is 6.07 Å². The molecule has 0 radical (unpaired) electrons. The quantitative estimate of drug-likeness (QED) is 0.241. The van der Waals surface area contributed by atoms with Gasteiger partial charge in [0.05, 0.1) is 17.3 Å². The summed E-state index contributed by atoms with van der Waals surface area (Å²) >= 11 is 22.6. The van der Waals surface area contributed by atoms with Crippen molar-refractivity contribution in [1.29, 1.82) is 0 Å². The summed E-state index contributed by atoms with van der Waals surface area (Å²) < 4.78 is 1.01. The summed E-state index contributed by atoms with van der Waals surface area (Å²) in [7, 11) is 0. The second kappa shape index (κ2) is 9.53. The van der Waals surface area contributed by atoms with Crippen molar-refractivity contribution in [2.45, 2.75) is 12.3 Å². The van der Waals surface area contributed by atoms with Gasteiger partial charge in [0.25, 0.3) is 0 Å². The van der Waals surface area contributed by atoms with Gasteiger partial charge in [-0.2, -0.15) is 0 Å². The molecule has 0 amide bonds. The fraction of sp³-hybridized carbons (Fsp3) is 0.0800. The first-order chi connectivity index (χ1) is 14.5. The van der Waals surface area contributed by atoms with Crippen LogP contribution in [-0.2, 0) is 12.3 Å². The van der Waals surface area contributed by atoms with Gasteiger partial charge in [-0.15, -0.1) is 11.6 Å². The van der Waals surface area contributed by atoms with E-state index in [1.807, 2.05) is 54.6 Å². The van der Waals surface area contributed by atoms with Gasteiger partial charge in [0.1, 0.15) is 0 Å². The molecular weight excluding hydrogens is 501 g/mol. The molecule has 0 aliphatic carbocycles. The Morgan fingerprint density at radius 2 is 1.53 bits per heavy atom. The normalized spacial score (nSPS) is 10.9. The average Bonchev–Trinajstić information content (AvgIpc) is 2.75. The molecule has 0 fully saturated rings. The van der Waals surface area contributed by atoms with Crippen molar-refractivity contribution in [2.24, 2.45) is 0 Å². The van der Waals surface area contributed by atoms with Gasteiger partial charge in [-0.1, -0.05) is 87.7 Å². The highest BCUT2D eigenvalue weighted by atomic mass is 79.9. The van der Waals surface area contributed by atoms with Crippen LogP contribution >= 0.6 is 50.7 Å². The lowest BCUT2D eigenvalue weighted by atomic mass is 9.94. The highest BCUT2D eigenvalue weighted by Crippen LogP contribution is 2.38. The molecule has 0 atom stereocenters. The molecule has 5 heteroatoms. The summed E-state index contributed by atoms with van der Waals surface area (Å²) in [4.78, 5) is 4.99. The van der Waals surface area contributed by atoms with Crippen molar-refractivity contribution in [1.82, 2.24) is 4.98 Å². The Morgan fingerprint density at radius 1 is 0.800 bits per heavy atom. The number of alkyl halides is 1. The van der Waals surface area contributed by atoms with Gasteiger partial charge in [-0.3, -0.25) is 4.98 Å². The number of hydrogen-bond acceptors (Lipinski definition) is 1. The molecule has 30 heavy (non-hydrogen) atoms. The Labute approximate surface area is 199 Å². The van der Waals surface area contributed by atoms with Crippen LogP contribution < -0.4 is 0 Å². The lowest BCUT2D eigenvalue weighted by Gasteiger charge is -2.16. The maximum atomic E-state index is 6.59. The van der Waals surface area contributed by atoms with E-state index in [4.69, 9.17) is 39.8 Å². The molecule has 1 aromatic heterocycles. The zero-order chi connectivity index (χ0) is 21.1. The number of benzene rings is 3. The molecule has 0 saturated heterocycles. The first kappa shape index (κ1) is 21.4. The fourth-order valence-electron chi connectivity index (χ4n) is 3.42. The van der Waals surface area contributed by atoms with Gasteiger partial charge in [0.2, 0.25) is 0 Å². The lowest BCUT2D eigenvalue weighted by molar-refractivity contribution is 1.07. The fourth-order valence-corrected chi connectivity index (χ4v) is 4.42. The average molecular weight is 518 g/mol. The van der Waals surface area contributed by atoms with Crippen molar-refractivity contribution in [3.63, 3.8) is 0 Å². The van der Waals surface area contributed by atoms with E-state index in [0.717, 1.165) is 44.5 Å². The smallest absolute Gasteiger partial charge is 0.0784 e. The molecule has 150 valence electrons. The van der Waals surface area contributed by atoms with Gasteiger partial charge in [0, 0.05) is 31.2 Å². The van der Waals surface area contributed by atoms with Gasteiger partial charge < -0.3 is 0 Å². The van der Waals surface area contributed by atoms with E-state index in [2.05, 4.69) is 34.1 Å². The monoisotopic (exact) mass is 515 g/mol. The van der Waals surface area contributed by atoms with E-state index in [1.165, 1.54) is 5.56 Å². The molecule has 3 aromatic carbocycles. The Kier molecular flexibility index (Phi) is 6.80. The standard InChI is InChI=1S/C25H17BrCl3N/c26-19-8-6-17(7-9-19)25-22(21-11-10-20(28)14-23(21)29)13-18(24(15-27)30-25)12-16-4-2-1-3-5-16/h1-11,13-14H,12,15H2. The highest BCUT2D eigenvalue weighted by molar-refractivity contribution is 9.10. The van der Waals surface area contributed by atoms with Crippen LogP contribution in [0.25, 0.3) is 22.4 Å². The second-order valence-corrected chi connectivity index (χ2v) is 8.94. The van der Waals surface area contributed by atoms with Crippen molar-refractivity contribution >= 4 is 50.7 Å². The van der Waals surface area contributed by atoms with E-state index in [0.29, 0.717) is 15.9 Å². The Morgan fingerprint density at radius 3 is 2.20 bits per heavy atom. The van der Waals surface area contributed by atoms with E-state index < -0.39 is 0 Å². The molecule has 0 saturated carbocycles. The molecule has 1 heterocycles. The van der Waals surface area contributed by atoms with Crippen molar-refractivity contribution in [3.8, 4) is 22.4 Å². The zero-order valence-corrected chi connectivity index (χ0v) is 19.7. The number of hydrogen-bond donors (Lipinski definition) is 0. The summed E-state index contributed by atoms with van der Waals surface area (Å²) in [6.45, 7) is 0. The Bertz CT molecular complexity index is 1180. The summed E-state index contributed by atoms with van der Waals surface area (Å²) in [5, 5.41) is 1.19. The maximum absolute atomic E-state index is 6.59. The topological polar surface area (TPSA) is 12.9 Å². The highest BCUT2D eigenvalue weighted by Gasteiger charge is 2.17. The minimum Gasteiger partial charge on any atom is -0.251 e. The SMILES string of the molecule is ClCc1nc(-c2ccc(Br)cc2)c(-c2ccc(Cl)cc2Cl)cc1Cc1ccccc1. The molecule has 0 aliphatic rings. The number of halogens is 4. The van der Waals surface area contributed by atoms with Crippen LogP contribution in [0.1, 0.15) is 16.8 Å². The molecule has 1 nitrogen and oxygen atoms in total. The van der Waals surface area contributed by atoms with Crippen LogP contribution in [0.5, 0.6) is 0 Å². The summed E-state index contributed by atoms with van der Waals surface area (Å²) in [6.07, 6.45) is 0.745. The number of nitrogens with zero attached hydrogens (tertiary/aromatic N) is 1. The number of aromatic nitrogens is 1. The third kappa shape index (κ3) is 4.73. The number of rotatable bonds is 5. The third-order valence-electron chi connectivity index (χ3n) is 4.89. The summed E-state index contributed by atoms with van der Waals surface area (Å²) in [5.74, 6) is 0.334. The van der Waals surface area contributed by atoms with Crippen molar-refractivity contribution in [3.05, 3.63) is 110 Å². The van der Waals surface area contributed by atoms with Crippen LogP contribution in [0, 0.1) is 0 Å². The van der Waals surface area contributed by atoms with E-state index in [9.17, 15) is 0 Å². The molecule has 0 spiro atoms. The molecule has 0 aliphatic heterocycles. The predicted octanol–water partition coefficient (Wildman–Crippen LogP) is 8.81. The minimum absolute atomic E-state index is 0.334. The second-order valence-electron chi connectivity index (χ2n) is 6.92. The van der Waals surface area contributed by atoms with E-state index >= 15 is 0 Å². The molecular formula is C25H17BrCl3N. The summed E-state index contributed by atoms with van der Waals surface area (Å²) in [6, 6.07) is 26.1. The maximum Gasteiger partial charge on any atom is 0.0784 e. The molecule has 4 aromatic rings. The van der Waals surface area contributed by atoms with Gasteiger partial charge in [-0.25, -0.2) is 0 Å². The minimum atomic E-state index is 0.334. The zero-order valence-electron chi connectivity index (χ0n) is 15.9. The van der Waals surface area contributed by atoms with Crippen LogP contribution in [0.4, 0.5) is 0 Å². The van der Waals surface area contributed by atoms with Crippen molar-refractivity contribution < 1.29 is 0 Å². The van der Waals surface area contributed by atoms with Crippen LogP contribution in [0.15, 0.2) is 83.3 Å². The third-order valence-corrected chi connectivity index (χ3v) is 6.22. The molecule has 4 rings (SSSR count). The van der Waals surface area contributed by atoms with E-state index in [-0.39, 0.29) is 0 Å². The Hall–Kier alpha value is -1.84. The summed E-state index contributed by atoms with van der Waals surface area (Å²) in [5.41, 5.74) is 6.84. The molecule has 0 N–H and O–H groups in total. The number of pyridine rings is 1. The van der Waals surface area contributed by atoms with Gasteiger partial charge in [-0.05, 0) is 47.9 Å². The van der Waals surface area contributed by atoms with Gasteiger partial charge >= 0.3 is 0 Å². The van der Waals surface area contributed by atoms with Gasteiger partial charge in [0.15, 0.2) is 0 Å². The molecule has 0 bridgehead atoms. The largest absolute Gasteiger partial charge is 0.251 e. The predicted molar refractivity (Wildman–Crippen MR) is 132 cm³/mol. The van der Waals surface area contributed by atoms with Crippen molar-refractivity contribution in [2.75, 3.05) is 0 Å².